The maximum Gasteiger partial charge on any atom is 0.416 e. The molecule has 2 aromatic carbocycles. The Morgan fingerprint density at radius 1 is 1.12 bits per heavy atom. The number of sulfonamides is 1. The molecule has 4 rings (SSSR count). The van der Waals surface area contributed by atoms with E-state index in [4.69, 9.17) is 0 Å². The predicted octanol–water partition coefficient (Wildman–Crippen LogP) is 3.62. The number of benzene rings is 2. The lowest BCUT2D eigenvalue weighted by molar-refractivity contribution is -0.137. The molecule has 34 heavy (non-hydrogen) atoms. The molecule has 1 aliphatic heterocycles. The molecule has 2 heterocycles. The van der Waals surface area contributed by atoms with Crippen LogP contribution in [-0.4, -0.2) is 41.3 Å². The Bertz CT molecular complexity index is 1310. The van der Waals surface area contributed by atoms with Gasteiger partial charge < -0.3 is 9.88 Å². The molecule has 3 aromatic rings. The number of amides is 1. The zero-order valence-electron chi connectivity index (χ0n) is 17.8. The number of carbonyl (C=O) groups is 1. The van der Waals surface area contributed by atoms with Crippen LogP contribution in [0.3, 0.4) is 0 Å². The fraction of sp³-hybridized carbons (Fsp3) is 0.273. The van der Waals surface area contributed by atoms with Gasteiger partial charge in [-0.1, -0.05) is 18.2 Å². The molecule has 0 aliphatic carbocycles. The maximum atomic E-state index is 13.5. The molecule has 1 N–H and O–H groups in total. The first-order valence-corrected chi connectivity index (χ1v) is 11.6. The molecular formula is C22H20F4N4O3S. The minimum Gasteiger partial charge on any atom is -0.339 e. The molecular weight excluding hydrogens is 476 g/mol. The van der Waals surface area contributed by atoms with Gasteiger partial charge in [0, 0.05) is 37.9 Å². The first-order chi connectivity index (χ1) is 15.9. The first kappa shape index (κ1) is 23.9. The number of alkyl halides is 3. The van der Waals surface area contributed by atoms with Gasteiger partial charge in [-0.3, -0.25) is 4.79 Å². The number of halogens is 4. The number of rotatable bonds is 5. The Kier molecular flexibility index (Phi) is 6.21. The standard InChI is InChI=1S/C22H20F4N4O3S/c1-29-12-20(27-13-29)34(32,33)30-10-18(14-5-7-16(23)8-6-14)19(11-30)21(31)28-17-4-2-3-15(9-17)22(24,25)26/h2-9,12-13,18-19H,10-11H2,1H3,(H,28,31)/t18-,19+/m0/s1. The second-order valence-corrected chi connectivity index (χ2v) is 9.92. The van der Waals surface area contributed by atoms with Gasteiger partial charge in [0.15, 0.2) is 5.03 Å². The Morgan fingerprint density at radius 3 is 2.44 bits per heavy atom. The lowest BCUT2D eigenvalue weighted by Gasteiger charge is -2.19. The number of aromatic nitrogens is 2. The average molecular weight is 496 g/mol. The number of carbonyl (C=O) groups excluding carboxylic acids is 1. The zero-order valence-corrected chi connectivity index (χ0v) is 18.6. The third kappa shape index (κ3) is 4.82. The number of nitrogens with zero attached hydrogens (tertiary/aromatic N) is 3. The fourth-order valence-corrected chi connectivity index (χ4v) is 5.40. The number of anilines is 1. The van der Waals surface area contributed by atoms with Crippen molar-refractivity contribution in [3.8, 4) is 0 Å². The van der Waals surface area contributed by atoms with Gasteiger partial charge in [-0.05, 0) is 35.9 Å². The zero-order chi connectivity index (χ0) is 24.7. The quantitative estimate of drug-likeness (QED) is 0.547. The summed E-state index contributed by atoms with van der Waals surface area (Å²) in [6, 6.07) is 9.50. The minimum absolute atomic E-state index is 0.0660. The van der Waals surface area contributed by atoms with Crippen molar-refractivity contribution in [3.05, 3.63) is 78.0 Å². The number of hydrogen-bond donors (Lipinski definition) is 1. The fourth-order valence-electron chi connectivity index (χ4n) is 3.94. The number of aryl methyl sites for hydroxylation is 1. The second-order valence-electron chi connectivity index (χ2n) is 8.03. The summed E-state index contributed by atoms with van der Waals surface area (Å²) in [7, 11) is -2.42. The van der Waals surface area contributed by atoms with E-state index in [0.717, 1.165) is 16.4 Å². The summed E-state index contributed by atoms with van der Waals surface area (Å²) in [5.74, 6) is -2.72. The van der Waals surface area contributed by atoms with Crippen LogP contribution in [0.25, 0.3) is 0 Å². The van der Waals surface area contributed by atoms with E-state index >= 15 is 0 Å². The number of nitrogens with one attached hydrogen (secondary N) is 1. The minimum atomic E-state index is -4.59. The van der Waals surface area contributed by atoms with E-state index in [0.29, 0.717) is 5.56 Å². The molecule has 1 saturated heterocycles. The molecule has 1 fully saturated rings. The van der Waals surface area contributed by atoms with Crippen molar-refractivity contribution >= 4 is 21.6 Å². The Labute approximate surface area is 193 Å². The van der Waals surface area contributed by atoms with Gasteiger partial charge in [-0.15, -0.1) is 0 Å². The van der Waals surface area contributed by atoms with E-state index in [1.54, 1.807) is 7.05 Å². The monoisotopic (exact) mass is 496 g/mol. The van der Waals surface area contributed by atoms with Crippen LogP contribution in [0.2, 0.25) is 0 Å². The van der Waals surface area contributed by atoms with Crippen LogP contribution in [0.1, 0.15) is 17.0 Å². The van der Waals surface area contributed by atoms with Crippen molar-refractivity contribution in [2.45, 2.75) is 17.1 Å². The second kappa shape index (κ2) is 8.84. The molecule has 0 unspecified atom stereocenters. The highest BCUT2D eigenvalue weighted by Crippen LogP contribution is 2.37. The van der Waals surface area contributed by atoms with E-state index in [1.807, 2.05) is 0 Å². The van der Waals surface area contributed by atoms with Gasteiger partial charge in [0.2, 0.25) is 5.91 Å². The van der Waals surface area contributed by atoms with Crippen LogP contribution in [0, 0.1) is 11.7 Å². The smallest absolute Gasteiger partial charge is 0.339 e. The Hall–Kier alpha value is -3.25. The van der Waals surface area contributed by atoms with Crippen LogP contribution in [0.15, 0.2) is 66.1 Å². The summed E-state index contributed by atoms with van der Waals surface area (Å²) in [5.41, 5.74) is -0.459. The molecule has 1 aromatic heterocycles. The number of imidazole rings is 1. The van der Waals surface area contributed by atoms with Crippen molar-refractivity contribution in [2.75, 3.05) is 18.4 Å². The third-order valence-corrected chi connectivity index (χ3v) is 7.38. The SMILES string of the molecule is Cn1cnc(S(=O)(=O)N2C[C@@H](C(=O)Nc3cccc(C(F)(F)F)c3)[C@H](c3ccc(F)cc3)C2)c1. The third-order valence-electron chi connectivity index (χ3n) is 5.66. The first-order valence-electron chi connectivity index (χ1n) is 10.2. The summed E-state index contributed by atoms with van der Waals surface area (Å²) in [4.78, 5) is 17.0. The van der Waals surface area contributed by atoms with Crippen molar-refractivity contribution in [3.63, 3.8) is 0 Å². The van der Waals surface area contributed by atoms with Gasteiger partial charge in [-0.25, -0.2) is 17.8 Å². The Morgan fingerprint density at radius 2 is 1.82 bits per heavy atom. The largest absolute Gasteiger partial charge is 0.416 e. The molecule has 12 heteroatoms. The van der Waals surface area contributed by atoms with Crippen molar-refractivity contribution in [2.24, 2.45) is 13.0 Å². The van der Waals surface area contributed by atoms with E-state index in [1.165, 1.54) is 53.5 Å². The summed E-state index contributed by atoms with van der Waals surface area (Å²) >= 11 is 0. The topological polar surface area (TPSA) is 84.3 Å². The van der Waals surface area contributed by atoms with Crippen LogP contribution in [-0.2, 0) is 28.0 Å². The van der Waals surface area contributed by atoms with Gasteiger partial charge in [0.1, 0.15) is 5.82 Å². The number of hydrogen-bond acceptors (Lipinski definition) is 4. The van der Waals surface area contributed by atoms with Crippen LogP contribution < -0.4 is 5.32 Å². The highest BCUT2D eigenvalue weighted by Gasteiger charge is 2.44. The van der Waals surface area contributed by atoms with Crippen LogP contribution >= 0.6 is 0 Å². The lowest BCUT2D eigenvalue weighted by atomic mass is 9.88. The normalized spacial score (nSPS) is 19.3. The summed E-state index contributed by atoms with van der Waals surface area (Å²) < 4.78 is 81.4. The van der Waals surface area contributed by atoms with Crippen LogP contribution in [0.4, 0.5) is 23.2 Å². The van der Waals surface area contributed by atoms with E-state index < -0.39 is 45.3 Å². The highest BCUT2D eigenvalue weighted by atomic mass is 32.2. The molecule has 2 atom stereocenters. The molecule has 0 radical (unpaired) electrons. The molecule has 0 bridgehead atoms. The molecule has 7 nitrogen and oxygen atoms in total. The molecule has 180 valence electrons. The van der Waals surface area contributed by atoms with E-state index in [-0.39, 0.29) is 23.8 Å². The predicted molar refractivity (Wildman–Crippen MR) is 115 cm³/mol. The van der Waals surface area contributed by atoms with E-state index in [2.05, 4.69) is 10.3 Å². The Balaban J connectivity index is 1.64. The van der Waals surface area contributed by atoms with Crippen LogP contribution in [0.5, 0.6) is 0 Å². The van der Waals surface area contributed by atoms with Gasteiger partial charge in [0.25, 0.3) is 10.0 Å². The summed E-state index contributed by atoms with van der Waals surface area (Å²) in [6.07, 6.45) is -1.92. The maximum absolute atomic E-state index is 13.5. The summed E-state index contributed by atoms with van der Waals surface area (Å²) in [5, 5.41) is 2.28. The van der Waals surface area contributed by atoms with E-state index in [9.17, 15) is 30.8 Å². The molecule has 1 amide bonds. The summed E-state index contributed by atoms with van der Waals surface area (Å²) in [6.45, 7) is -0.295. The van der Waals surface area contributed by atoms with Crippen molar-refractivity contribution in [1.29, 1.82) is 0 Å². The average Bonchev–Trinajstić information content (AvgIpc) is 3.41. The molecule has 0 saturated carbocycles. The molecule has 1 aliphatic rings. The van der Waals surface area contributed by atoms with Gasteiger partial charge >= 0.3 is 6.18 Å². The van der Waals surface area contributed by atoms with Crippen molar-refractivity contribution < 1.29 is 30.8 Å². The molecule has 0 spiro atoms. The van der Waals surface area contributed by atoms with Gasteiger partial charge in [-0.2, -0.15) is 17.5 Å². The lowest BCUT2D eigenvalue weighted by Crippen LogP contribution is -2.32. The highest BCUT2D eigenvalue weighted by molar-refractivity contribution is 7.89. The van der Waals surface area contributed by atoms with Crippen molar-refractivity contribution in [1.82, 2.24) is 13.9 Å². The van der Waals surface area contributed by atoms with Gasteiger partial charge in [0.05, 0.1) is 17.8 Å².